The van der Waals surface area contributed by atoms with Crippen LogP contribution in [0.4, 0.5) is 0 Å². The molecule has 2 N–H and O–H groups in total. The van der Waals surface area contributed by atoms with Crippen molar-refractivity contribution in [2.45, 2.75) is 118 Å². The zero-order chi connectivity index (χ0) is 27.3. The third-order valence-electron chi connectivity index (χ3n) is 13.7. The molecular formula is C32H50O5. The average molecular weight is 515 g/mol. The molecule has 208 valence electrons. The number of esters is 1. The standard InChI is InChI=1S/C32H50O5/c1-18(2)20-11-13-29(6)15-16-30(7)21(26(20)29)9-10-23-31(8)22(12-14-32(23,30)27(35)36)28(4,5)24(34)17-25(31)37-19(3)33/h20-26,34H,1,9-17H2,2-8H3,(H,35,36)/t20-,21+,22+,23+,24+,25+,26+,29+,30+,31-,32+/m0/s1. The number of carbonyl (C=O) groups excluding carboxylic acids is 1. The Balaban J connectivity index is 1.66. The van der Waals surface area contributed by atoms with Gasteiger partial charge in [0.15, 0.2) is 0 Å². The summed E-state index contributed by atoms with van der Waals surface area (Å²) >= 11 is 0. The molecule has 0 aromatic carbocycles. The van der Waals surface area contributed by atoms with Gasteiger partial charge in [-0.2, -0.15) is 0 Å². The monoisotopic (exact) mass is 514 g/mol. The molecule has 5 saturated carbocycles. The zero-order valence-corrected chi connectivity index (χ0v) is 24.2. The Labute approximate surface area is 223 Å². The van der Waals surface area contributed by atoms with Gasteiger partial charge in [-0.15, -0.1) is 0 Å². The largest absolute Gasteiger partial charge is 0.481 e. The van der Waals surface area contributed by atoms with Crippen LogP contribution in [-0.4, -0.2) is 34.4 Å². The van der Waals surface area contributed by atoms with Gasteiger partial charge in [0.1, 0.15) is 6.10 Å². The second-order valence-corrected chi connectivity index (χ2v) is 15.2. The van der Waals surface area contributed by atoms with Crippen molar-refractivity contribution < 1.29 is 24.5 Å². The molecule has 0 spiro atoms. The van der Waals surface area contributed by atoms with E-state index in [1.807, 2.05) is 0 Å². The summed E-state index contributed by atoms with van der Waals surface area (Å²) in [5.74, 6) is 0.325. The summed E-state index contributed by atoms with van der Waals surface area (Å²) in [6.07, 6.45) is 7.00. The number of fused-ring (bicyclic) bond motifs is 7. The summed E-state index contributed by atoms with van der Waals surface area (Å²) in [5, 5.41) is 22.5. The number of aliphatic hydroxyl groups excluding tert-OH is 1. The Morgan fingerprint density at radius 1 is 0.892 bits per heavy atom. The van der Waals surface area contributed by atoms with Crippen LogP contribution in [0, 0.1) is 56.7 Å². The number of allylic oxidation sites excluding steroid dienone is 1. The number of aliphatic hydroxyl groups is 1. The van der Waals surface area contributed by atoms with Gasteiger partial charge in [-0.3, -0.25) is 9.59 Å². The minimum absolute atomic E-state index is 0.0919. The van der Waals surface area contributed by atoms with Crippen LogP contribution in [0.3, 0.4) is 0 Å². The minimum atomic E-state index is -0.860. The summed E-state index contributed by atoms with van der Waals surface area (Å²) in [6, 6.07) is 0. The van der Waals surface area contributed by atoms with Crippen molar-refractivity contribution in [3.8, 4) is 0 Å². The Hall–Kier alpha value is -1.36. The van der Waals surface area contributed by atoms with Crippen LogP contribution in [0.15, 0.2) is 12.2 Å². The maximum Gasteiger partial charge on any atom is 0.310 e. The summed E-state index contributed by atoms with van der Waals surface area (Å²) in [7, 11) is 0. The molecule has 37 heavy (non-hydrogen) atoms. The second-order valence-electron chi connectivity index (χ2n) is 15.2. The topological polar surface area (TPSA) is 83.8 Å². The van der Waals surface area contributed by atoms with Gasteiger partial charge in [0, 0.05) is 18.8 Å². The van der Waals surface area contributed by atoms with E-state index in [0.29, 0.717) is 30.6 Å². The predicted molar refractivity (Wildman–Crippen MR) is 144 cm³/mol. The molecule has 0 unspecified atom stereocenters. The maximum atomic E-state index is 13.8. The number of carbonyl (C=O) groups is 2. The molecule has 0 bridgehead atoms. The van der Waals surface area contributed by atoms with Gasteiger partial charge < -0.3 is 14.9 Å². The summed E-state index contributed by atoms with van der Waals surface area (Å²) < 4.78 is 6.00. The fourth-order valence-corrected chi connectivity index (χ4v) is 11.8. The molecule has 0 aromatic heterocycles. The first kappa shape index (κ1) is 27.2. The Morgan fingerprint density at radius 2 is 1.57 bits per heavy atom. The van der Waals surface area contributed by atoms with Crippen molar-refractivity contribution in [1.29, 1.82) is 0 Å². The van der Waals surface area contributed by atoms with Gasteiger partial charge >= 0.3 is 11.9 Å². The highest BCUT2D eigenvalue weighted by Crippen LogP contribution is 2.77. The van der Waals surface area contributed by atoms with E-state index in [4.69, 9.17) is 4.74 Å². The number of rotatable bonds is 3. The molecule has 5 heteroatoms. The SMILES string of the molecule is C=C(C)[C@@H]1CC[C@]2(C)CC[C@]3(C)[C@H](CC[C@@H]4[C@]5(C)[C@H](CC[C@]43C(=O)O)C(C)(C)[C@H](O)C[C@H]5OC(C)=O)[C@@H]12. The highest BCUT2D eigenvalue weighted by molar-refractivity contribution is 5.77. The summed E-state index contributed by atoms with van der Waals surface area (Å²) in [5.41, 5.74) is -0.518. The van der Waals surface area contributed by atoms with Gasteiger partial charge in [0.2, 0.25) is 0 Å². The molecule has 5 fully saturated rings. The minimum Gasteiger partial charge on any atom is -0.481 e. The molecule has 0 aliphatic heterocycles. The highest BCUT2D eigenvalue weighted by atomic mass is 16.5. The third-order valence-corrected chi connectivity index (χ3v) is 13.7. The number of ether oxygens (including phenoxy) is 1. The smallest absolute Gasteiger partial charge is 0.310 e. The Bertz CT molecular complexity index is 1000. The zero-order valence-electron chi connectivity index (χ0n) is 24.2. The van der Waals surface area contributed by atoms with Crippen LogP contribution in [-0.2, 0) is 14.3 Å². The Morgan fingerprint density at radius 3 is 2.16 bits per heavy atom. The first-order valence-corrected chi connectivity index (χ1v) is 14.8. The molecule has 0 saturated heterocycles. The second kappa shape index (κ2) is 8.32. The van der Waals surface area contributed by atoms with Crippen LogP contribution in [0.2, 0.25) is 0 Å². The van der Waals surface area contributed by atoms with Gasteiger partial charge in [-0.05, 0) is 104 Å². The van der Waals surface area contributed by atoms with Crippen molar-refractivity contribution >= 4 is 11.9 Å². The molecule has 5 rings (SSSR count). The number of hydrogen-bond donors (Lipinski definition) is 2. The maximum absolute atomic E-state index is 13.8. The molecule has 5 nitrogen and oxygen atoms in total. The van der Waals surface area contributed by atoms with Crippen molar-refractivity contribution in [3.63, 3.8) is 0 Å². The number of aliphatic carboxylic acids is 1. The third kappa shape index (κ3) is 3.31. The first-order chi connectivity index (χ1) is 17.1. The summed E-state index contributed by atoms with van der Waals surface area (Å²) in [4.78, 5) is 26.0. The lowest BCUT2D eigenvalue weighted by atomic mass is 9.31. The van der Waals surface area contributed by atoms with Crippen molar-refractivity contribution in [2.75, 3.05) is 0 Å². The van der Waals surface area contributed by atoms with E-state index >= 15 is 0 Å². The van der Waals surface area contributed by atoms with Crippen LogP contribution in [0.5, 0.6) is 0 Å². The van der Waals surface area contributed by atoms with Gasteiger partial charge in [0.05, 0.1) is 11.5 Å². The van der Waals surface area contributed by atoms with E-state index < -0.39 is 29.0 Å². The lowest BCUT2D eigenvalue weighted by molar-refractivity contribution is -0.279. The van der Waals surface area contributed by atoms with E-state index in [2.05, 4.69) is 48.1 Å². The van der Waals surface area contributed by atoms with Crippen molar-refractivity contribution in [1.82, 2.24) is 0 Å². The van der Waals surface area contributed by atoms with Crippen LogP contribution >= 0.6 is 0 Å². The lowest BCUT2D eigenvalue weighted by Crippen LogP contribution is -2.72. The highest BCUT2D eigenvalue weighted by Gasteiger charge is 2.76. The first-order valence-electron chi connectivity index (χ1n) is 14.8. The molecule has 11 atom stereocenters. The van der Waals surface area contributed by atoms with Crippen LogP contribution in [0.25, 0.3) is 0 Å². The van der Waals surface area contributed by atoms with Gasteiger partial charge in [-0.1, -0.05) is 46.8 Å². The van der Waals surface area contributed by atoms with E-state index in [0.717, 1.165) is 32.1 Å². The van der Waals surface area contributed by atoms with Crippen LogP contribution < -0.4 is 0 Å². The lowest BCUT2D eigenvalue weighted by Gasteiger charge is -2.72. The average Bonchev–Trinajstić information content (AvgIpc) is 3.15. The normalized spacial score (nSPS) is 52.2. The number of hydrogen-bond acceptors (Lipinski definition) is 4. The molecule has 0 amide bonds. The fraction of sp³-hybridized carbons (Fsp3) is 0.875. The quantitative estimate of drug-likeness (QED) is 0.326. The van der Waals surface area contributed by atoms with E-state index in [9.17, 15) is 19.8 Å². The molecule has 5 aliphatic rings. The van der Waals surface area contributed by atoms with E-state index in [1.165, 1.54) is 25.3 Å². The molecule has 5 aliphatic carbocycles. The number of carboxylic acids is 1. The molecular weight excluding hydrogens is 464 g/mol. The van der Waals surface area contributed by atoms with Crippen molar-refractivity contribution in [2.24, 2.45) is 56.7 Å². The van der Waals surface area contributed by atoms with Crippen molar-refractivity contribution in [3.05, 3.63) is 12.2 Å². The van der Waals surface area contributed by atoms with Crippen LogP contribution in [0.1, 0.15) is 106 Å². The number of carboxylic acid groups (broad SMARTS) is 1. The molecule has 0 radical (unpaired) electrons. The van der Waals surface area contributed by atoms with E-state index in [-0.39, 0.29) is 34.1 Å². The molecule has 0 heterocycles. The Kier molecular flexibility index (Phi) is 6.12. The summed E-state index contributed by atoms with van der Waals surface area (Å²) in [6.45, 7) is 19.3. The van der Waals surface area contributed by atoms with E-state index in [1.54, 1.807) is 0 Å². The fourth-order valence-electron chi connectivity index (χ4n) is 11.8. The molecule has 0 aromatic rings. The van der Waals surface area contributed by atoms with Gasteiger partial charge in [0.25, 0.3) is 0 Å². The predicted octanol–water partition coefficient (Wildman–Crippen LogP) is 6.63. The van der Waals surface area contributed by atoms with Gasteiger partial charge in [-0.25, -0.2) is 0 Å².